The Morgan fingerprint density at radius 2 is 1.84 bits per heavy atom. The third-order valence-corrected chi connectivity index (χ3v) is 5.46. The Kier molecular flexibility index (Phi) is 7.01. The van der Waals surface area contributed by atoms with Crippen LogP contribution in [0.25, 0.3) is 11.4 Å². The van der Waals surface area contributed by atoms with E-state index < -0.39 is 10.2 Å². The Morgan fingerprint density at radius 1 is 1.16 bits per heavy atom. The highest BCUT2D eigenvalue weighted by atomic mass is 32.2. The van der Waals surface area contributed by atoms with Crippen molar-refractivity contribution in [3.63, 3.8) is 0 Å². The molecule has 0 aliphatic rings. The summed E-state index contributed by atoms with van der Waals surface area (Å²) in [5.74, 6) is -0.00629. The molecule has 162 valence electrons. The van der Waals surface area contributed by atoms with Crippen LogP contribution in [0, 0.1) is 21.8 Å². The average Bonchev–Trinajstić information content (AvgIpc) is 3.10. The minimum atomic E-state index is -0.529. The van der Waals surface area contributed by atoms with E-state index in [1.807, 2.05) is 18.4 Å². The number of nitrogens with zero attached hydrogens (tertiary/aromatic N) is 4. The van der Waals surface area contributed by atoms with Gasteiger partial charge in [-0.2, -0.15) is 0 Å². The number of amides is 1. The lowest BCUT2D eigenvalue weighted by molar-refractivity contribution is -0.384. The monoisotopic (exact) mass is 443 g/mol. The van der Waals surface area contributed by atoms with Crippen molar-refractivity contribution < 1.29 is 14.1 Å². The van der Waals surface area contributed by atoms with Gasteiger partial charge in [0.1, 0.15) is 5.82 Å². The fourth-order valence-electron chi connectivity index (χ4n) is 2.87. The van der Waals surface area contributed by atoms with Crippen molar-refractivity contribution in [2.24, 2.45) is 5.92 Å². The van der Waals surface area contributed by atoms with Gasteiger partial charge in [0.15, 0.2) is 11.0 Å². The van der Waals surface area contributed by atoms with Crippen molar-refractivity contribution in [2.75, 3.05) is 5.32 Å². The maximum Gasteiger partial charge on any atom is 0.269 e. The molecule has 0 fully saturated rings. The maximum atomic E-state index is 14.3. The molecule has 2 aromatic carbocycles. The van der Waals surface area contributed by atoms with Gasteiger partial charge in [0.2, 0.25) is 5.91 Å². The van der Waals surface area contributed by atoms with Crippen LogP contribution in [0.15, 0.2) is 53.7 Å². The minimum Gasteiger partial charge on any atom is -0.325 e. The van der Waals surface area contributed by atoms with E-state index in [-0.39, 0.29) is 23.3 Å². The zero-order chi connectivity index (χ0) is 22.5. The second kappa shape index (κ2) is 9.69. The maximum absolute atomic E-state index is 14.3. The fraction of sp³-hybridized carbons (Fsp3) is 0.286. The largest absolute Gasteiger partial charge is 0.325 e. The molecule has 31 heavy (non-hydrogen) atoms. The number of hydrogen-bond acceptors (Lipinski definition) is 6. The van der Waals surface area contributed by atoms with E-state index >= 15 is 0 Å². The van der Waals surface area contributed by atoms with Crippen molar-refractivity contribution in [3.05, 3.63) is 64.5 Å². The lowest BCUT2D eigenvalue weighted by Gasteiger charge is -2.15. The normalized spacial score (nSPS) is 12.0. The Bertz CT molecular complexity index is 1080. The Hall–Kier alpha value is -3.27. The molecule has 0 saturated heterocycles. The molecule has 1 N–H and O–H groups in total. The van der Waals surface area contributed by atoms with Crippen LogP contribution in [0.5, 0.6) is 0 Å². The molecule has 8 nitrogen and oxygen atoms in total. The first-order valence-corrected chi connectivity index (χ1v) is 10.5. The zero-order valence-electron chi connectivity index (χ0n) is 17.3. The number of nitrogens with one attached hydrogen (secondary N) is 1. The summed E-state index contributed by atoms with van der Waals surface area (Å²) in [5.41, 5.74) is 0.757. The highest BCUT2D eigenvalue weighted by molar-refractivity contribution is 8.00. The first-order valence-electron chi connectivity index (χ1n) is 9.66. The van der Waals surface area contributed by atoms with Crippen molar-refractivity contribution in [2.45, 2.75) is 37.7 Å². The first kappa shape index (κ1) is 22.4. The molecule has 1 heterocycles. The molecule has 0 radical (unpaired) electrons. The van der Waals surface area contributed by atoms with E-state index in [0.29, 0.717) is 28.8 Å². The van der Waals surface area contributed by atoms with E-state index in [1.54, 1.807) is 25.1 Å². The van der Waals surface area contributed by atoms with E-state index in [0.717, 1.165) is 0 Å². The van der Waals surface area contributed by atoms with Crippen LogP contribution in [-0.4, -0.2) is 30.8 Å². The van der Waals surface area contributed by atoms with Crippen molar-refractivity contribution in [3.8, 4) is 11.4 Å². The van der Waals surface area contributed by atoms with Gasteiger partial charge in [0.25, 0.3) is 5.69 Å². The van der Waals surface area contributed by atoms with Crippen LogP contribution >= 0.6 is 11.8 Å². The number of carbonyl (C=O) groups excluding carboxylic acids is 1. The Labute approximate surface area is 183 Å². The number of aromatic nitrogens is 3. The third-order valence-electron chi connectivity index (χ3n) is 4.38. The molecule has 0 aliphatic heterocycles. The molecule has 1 aromatic heterocycles. The number of carbonyl (C=O) groups is 1. The molecule has 3 rings (SSSR count). The molecular formula is C21H22FN5O3S. The summed E-state index contributed by atoms with van der Waals surface area (Å²) < 4.78 is 16.1. The molecule has 1 atom stereocenters. The van der Waals surface area contributed by atoms with E-state index in [9.17, 15) is 19.3 Å². The number of hydrogen-bond donors (Lipinski definition) is 1. The van der Waals surface area contributed by atoms with Crippen LogP contribution in [0.2, 0.25) is 0 Å². The van der Waals surface area contributed by atoms with Gasteiger partial charge in [-0.3, -0.25) is 14.9 Å². The summed E-state index contributed by atoms with van der Waals surface area (Å²) in [4.78, 5) is 22.9. The van der Waals surface area contributed by atoms with E-state index in [1.165, 1.54) is 42.1 Å². The molecule has 0 bridgehead atoms. The van der Waals surface area contributed by atoms with Crippen LogP contribution in [-0.2, 0) is 11.3 Å². The first-order chi connectivity index (χ1) is 14.8. The molecule has 1 unspecified atom stereocenters. The quantitative estimate of drug-likeness (QED) is 0.306. The smallest absolute Gasteiger partial charge is 0.269 e. The summed E-state index contributed by atoms with van der Waals surface area (Å²) in [5, 5.41) is 21.9. The molecule has 0 saturated carbocycles. The second-order valence-electron chi connectivity index (χ2n) is 7.34. The molecule has 0 aliphatic carbocycles. The molecule has 1 amide bonds. The van der Waals surface area contributed by atoms with Gasteiger partial charge in [-0.15, -0.1) is 10.2 Å². The van der Waals surface area contributed by atoms with Gasteiger partial charge in [-0.1, -0.05) is 37.7 Å². The van der Waals surface area contributed by atoms with Crippen molar-refractivity contribution in [1.82, 2.24) is 14.8 Å². The molecular weight excluding hydrogens is 421 g/mol. The van der Waals surface area contributed by atoms with Gasteiger partial charge in [-0.25, -0.2) is 4.39 Å². The lowest BCUT2D eigenvalue weighted by atomic mass is 10.2. The van der Waals surface area contributed by atoms with Crippen LogP contribution in [0.3, 0.4) is 0 Å². The van der Waals surface area contributed by atoms with Gasteiger partial charge in [0.05, 0.1) is 15.7 Å². The number of non-ortho nitro benzene ring substituents is 1. The third kappa shape index (κ3) is 5.46. The summed E-state index contributed by atoms with van der Waals surface area (Å²) in [6.45, 7) is 6.35. The molecule has 0 spiro atoms. The topological polar surface area (TPSA) is 103 Å². The zero-order valence-corrected chi connectivity index (χ0v) is 18.1. The number of halogens is 1. The highest BCUT2D eigenvalue weighted by Gasteiger charge is 2.22. The predicted molar refractivity (Wildman–Crippen MR) is 117 cm³/mol. The number of nitro benzene ring substituents is 1. The van der Waals surface area contributed by atoms with Gasteiger partial charge in [-0.05, 0) is 37.1 Å². The Morgan fingerprint density at radius 3 is 2.45 bits per heavy atom. The molecule has 10 heteroatoms. The number of nitro groups is 1. The second-order valence-corrected chi connectivity index (χ2v) is 8.65. The van der Waals surface area contributed by atoms with E-state index in [2.05, 4.69) is 15.5 Å². The van der Waals surface area contributed by atoms with Crippen LogP contribution in [0.4, 0.5) is 15.8 Å². The average molecular weight is 444 g/mol. The van der Waals surface area contributed by atoms with Gasteiger partial charge in [0, 0.05) is 24.4 Å². The van der Waals surface area contributed by atoms with Gasteiger partial charge >= 0.3 is 0 Å². The number of rotatable bonds is 8. The van der Waals surface area contributed by atoms with E-state index in [4.69, 9.17) is 0 Å². The molecule has 3 aromatic rings. The van der Waals surface area contributed by atoms with Crippen molar-refractivity contribution in [1.29, 1.82) is 0 Å². The van der Waals surface area contributed by atoms with Crippen LogP contribution in [0.1, 0.15) is 20.8 Å². The predicted octanol–water partition coefficient (Wildman–Crippen LogP) is 4.77. The number of benzene rings is 2. The Balaban J connectivity index is 1.78. The van der Waals surface area contributed by atoms with Gasteiger partial charge < -0.3 is 9.88 Å². The summed E-state index contributed by atoms with van der Waals surface area (Å²) >= 11 is 1.22. The summed E-state index contributed by atoms with van der Waals surface area (Å²) in [6, 6.07) is 12.0. The minimum absolute atomic E-state index is 0.0529. The van der Waals surface area contributed by atoms with Crippen LogP contribution < -0.4 is 5.32 Å². The number of thioether (sulfide) groups is 1. The fourth-order valence-corrected chi connectivity index (χ4v) is 3.73. The number of anilines is 1. The SMILES string of the molecule is CC(C)Cn1c(SC(C)C(=O)Nc2ccc([N+](=O)[O-])cc2)nnc1-c1ccccc1F. The standard InChI is InChI=1S/C21H22FN5O3S/c1-13(2)12-26-19(17-6-4-5-7-18(17)22)24-25-21(26)31-14(3)20(28)23-15-8-10-16(11-9-15)27(29)30/h4-11,13-14H,12H2,1-3H3,(H,23,28). The summed E-state index contributed by atoms with van der Waals surface area (Å²) in [7, 11) is 0. The highest BCUT2D eigenvalue weighted by Crippen LogP contribution is 2.29. The lowest BCUT2D eigenvalue weighted by Crippen LogP contribution is -2.23. The van der Waals surface area contributed by atoms with Crippen molar-refractivity contribution >= 4 is 29.0 Å². The summed E-state index contributed by atoms with van der Waals surface area (Å²) in [6.07, 6.45) is 0.